The van der Waals surface area contributed by atoms with Crippen LogP contribution < -0.4 is 15.8 Å². The first-order valence-electron chi connectivity index (χ1n) is 10.6. The molecule has 7 nitrogen and oxygen atoms in total. The highest BCUT2D eigenvalue weighted by molar-refractivity contribution is 5.86. The van der Waals surface area contributed by atoms with Gasteiger partial charge < -0.3 is 10.4 Å². The second kappa shape index (κ2) is 10.8. The minimum Gasteiger partial charge on any atom is -0.465 e. The van der Waals surface area contributed by atoms with Crippen LogP contribution in [-0.4, -0.2) is 40.1 Å². The predicted molar refractivity (Wildman–Crippen MR) is 123 cm³/mol. The molecule has 33 heavy (non-hydrogen) atoms. The van der Waals surface area contributed by atoms with Crippen LogP contribution in [0.3, 0.4) is 0 Å². The Bertz CT molecular complexity index is 1180. The number of anilines is 1. The SMILES string of the molecule is CC(C)NCCCN(C(=O)O)c1cccc(Cn2nc(-c3ccc(F)c(F)c3)ccc2=O)c1. The summed E-state index contributed by atoms with van der Waals surface area (Å²) in [7, 11) is 0. The minimum atomic E-state index is -1.06. The smallest absolute Gasteiger partial charge is 0.411 e. The molecular formula is C24H26F2N4O3. The Kier molecular flexibility index (Phi) is 7.89. The van der Waals surface area contributed by atoms with Gasteiger partial charge in [-0.25, -0.2) is 18.3 Å². The number of nitrogens with one attached hydrogen (secondary N) is 1. The topological polar surface area (TPSA) is 87.5 Å². The molecule has 1 amide bonds. The predicted octanol–water partition coefficient (Wildman–Crippen LogP) is 4.11. The van der Waals surface area contributed by atoms with Gasteiger partial charge in [0.25, 0.3) is 5.56 Å². The molecule has 0 saturated carbocycles. The molecule has 0 spiro atoms. The van der Waals surface area contributed by atoms with Gasteiger partial charge in [0.15, 0.2) is 11.6 Å². The quantitative estimate of drug-likeness (QED) is 0.473. The molecule has 0 bridgehead atoms. The van der Waals surface area contributed by atoms with E-state index < -0.39 is 17.7 Å². The fourth-order valence-corrected chi connectivity index (χ4v) is 3.33. The van der Waals surface area contributed by atoms with E-state index in [1.165, 1.54) is 27.8 Å². The second-order valence-corrected chi connectivity index (χ2v) is 7.91. The van der Waals surface area contributed by atoms with Crippen molar-refractivity contribution in [3.05, 3.63) is 82.1 Å². The van der Waals surface area contributed by atoms with E-state index in [9.17, 15) is 23.5 Å². The summed E-state index contributed by atoms with van der Waals surface area (Å²) in [5, 5.41) is 17.2. The summed E-state index contributed by atoms with van der Waals surface area (Å²) < 4.78 is 28.0. The molecule has 0 aliphatic heterocycles. The molecule has 0 radical (unpaired) electrons. The van der Waals surface area contributed by atoms with Gasteiger partial charge in [0.1, 0.15) is 0 Å². The summed E-state index contributed by atoms with van der Waals surface area (Å²) in [5.74, 6) is -1.97. The highest BCUT2D eigenvalue weighted by Gasteiger charge is 2.15. The van der Waals surface area contributed by atoms with Crippen LogP contribution >= 0.6 is 0 Å². The summed E-state index contributed by atoms with van der Waals surface area (Å²) in [5.41, 5.74) is 1.45. The van der Waals surface area contributed by atoms with E-state index >= 15 is 0 Å². The van der Waals surface area contributed by atoms with Gasteiger partial charge in [-0.05, 0) is 54.9 Å². The van der Waals surface area contributed by atoms with E-state index in [4.69, 9.17) is 0 Å². The highest BCUT2D eigenvalue weighted by Crippen LogP contribution is 2.20. The van der Waals surface area contributed by atoms with Gasteiger partial charge in [0, 0.05) is 29.9 Å². The molecule has 0 unspecified atom stereocenters. The maximum absolute atomic E-state index is 13.6. The van der Waals surface area contributed by atoms with Gasteiger partial charge in [-0.2, -0.15) is 5.10 Å². The molecule has 2 aromatic carbocycles. The minimum absolute atomic E-state index is 0.0898. The van der Waals surface area contributed by atoms with E-state index in [1.807, 2.05) is 13.8 Å². The normalized spacial score (nSPS) is 11.1. The number of carbonyl (C=O) groups is 1. The Morgan fingerprint density at radius 1 is 1.12 bits per heavy atom. The number of amides is 1. The maximum Gasteiger partial charge on any atom is 0.411 e. The van der Waals surface area contributed by atoms with Crippen molar-refractivity contribution in [2.75, 3.05) is 18.0 Å². The summed E-state index contributed by atoms with van der Waals surface area (Å²) in [6, 6.07) is 13.4. The Labute approximate surface area is 190 Å². The van der Waals surface area contributed by atoms with Gasteiger partial charge in [-0.3, -0.25) is 9.69 Å². The lowest BCUT2D eigenvalue weighted by molar-refractivity contribution is 0.201. The third-order valence-corrected chi connectivity index (χ3v) is 4.98. The third kappa shape index (κ3) is 6.45. The number of halogens is 2. The van der Waals surface area contributed by atoms with Crippen LogP contribution in [-0.2, 0) is 6.54 Å². The molecule has 0 fully saturated rings. The van der Waals surface area contributed by atoms with Crippen molar-refractivity contribution < 1.29 is 18.7 Å². The van der Waals surface area contributed by atoms with E-state index in [1.54, 1.807) is 24.3 Å². The Balaban J connectivity index is 1.81. The van der Waals surface area contributed by atoms with Crippen molar-refractivity contribution >= 4 is 11.8 Å². The number of rotatable bonds is 9. The van der Waals surface area contributed by atoms with Crippen molar-refractivity contribution in [2.24, 2.45) is 0 Å². The first-order valence-corrected chi connectivity index (χ1v) is 10.6. The highest BCUT2D eigenvalue weighted by atomic mass is 19.2. The molecule has 0 aliphatic carbocycles. The molecule has 3 aromatic rings. The maximum atomic E-state index is 13.6. The summed E-state index contributed by atoms with van der Waals surface area (Å²) in [6.07, 6.45) is -0.418. The first-order chi connectivity index (χ1) is 15.7. The fourth-order valence-electron chi connectivity index (χ4n) is 3.33. The Hall–Kier alpha value is -3.59. The molecule has 0 atom stereocenters. The zero-order valence-electron chi connectivity index (χ0n) is 18.5. The van der Waals surface area contributed by atoms with Gasteiger partial charge in [-0.1, -0.05) is 26.0 Å². The fraction of sp³-hybridized carbons (Fsp3) is 0.292. The number of carboxylic acid groups (broad SMARTS) is 1. The number of hydrogen-bond acceptors (Lipinski definition) is 4. The molecule has 174 valence electrons. The van der Waals surface area contributed by atoms with Crippen molar-refractivity contribution in [3.63, 3.8) is 0 Å². The second-order valence-electron chi connectivity index (χ2n) is 7.91. The number of benzene rings is 2. The summed E-state index contributed by atoms with van der Waals surface area (Å²) >= 11 is 0. The molecule has 3 rings (SSSR count). The average Bonchev–Trinajstić information content (AvgIpc) is 2.77. The van der Waals surface area contributed by atoms with E-state index in [-0.39, 0.29) is 12.1 Å². The molecular weight excluding hydrogens is 430 g/mol. The van der Waals surface area contributed by atoms with Gasteiger partial charge in [0.2, 0.25) is 0 Å². The van der Waals surface area contributed by atoms with Gasteiger partial charge in [-0.15, -0.1) is 0 Å². The van der Waals surface area contributed by atoms with Crippen LogP contribution in [0, 0.1) is 11.6 Å². The molecule has 1 aromatic heterocycles. The van der Waals surface area contributed by atoms with E-state index in [0.29, 0.717) is 48.1 Å². The molecule has 0 aliphatic rings. The van der Waals surface area contributed by atoms with Gasteiger partial charge in [0.05, 0.1) is 12.2 Å². The third-order valence-electron chi connectivity index (χ3n) is 4.98. The van der Waals surface area contributed by atoms with Crippen LogP contribution in [0.1, 0.15) is 25.8 Å². The van der Waals surface area contributed by atoms with Crippen molar-refractivity contribution in [1.29, 1.82) is 0 Å². The molecule has 9 heteroatoms. The van der Waals surface area contributed by atoms with Crippen LogP contribution in [0.15, 0.2) is 59.4 Å². The van der Waals surface area contributed by atoms with E-state index in [2.05, 4.69) is 10.4 Å². The van der Waals surface area contributed by atoms with Crippen LogP contribution in [0.4, 0.5) is 19.3 Å². The van der Waals surface area contributed by atoms with Gasteiger partial charge >= 0.3 is 6.09 Å². The summed E-state index contributed by atoms with van der Waals surface area (Å²) in [4.78, 5) is 25.4. The molecule has 0 saturated heterocycles. The van der Waals surface area contributed by atoms with Crippen LogP contribution in [0.2, 0.25) is 0 Å². The summed E-state index contributed by atoms with van der Waals surface area (Å²) in [6.45, 7) is 5.15. The lowest BCUT2D eigenvalue weighted by Crippen LogP contribution is -2.33. The number of aromatic nitrogens is 2. The molecule has 2 N–H and O–H groups in total. The van der Waals surface area contributed by atoms with Crippen molar-refractivity contribution in [2.45, 2.75) is 32.9 Å². The van der Waals surface area contributed by atoms with Crippen molar-refractivity contribution in [1.82, 2.24) is 15.1 Å². The zero-order chi connectivity index (χ0) is 24.0. The average molecular weight is 456 g/mol. The van der Waals surface area contributed by atoms with Crippen LogP contribution in [0.5, 0.6) is 0 Å². The largest absolute Gasteiger partial charge is 0.465 e. The standard InChI is InChI=1S/C24H26F2N4O3/c1-16(2)27-11-4-12-29(24(32)33)19-6-3-5-17(13-19)15-30-23(31)10-9-22(28-30)18-7-8-20(25)21(26)14-18/h3,5-10,13-14,16,27H,4,11-12,15H2,1-2H3,(H,32,33). The lowest BCUT2D eigenvalue weighted by atomic mass is 10.1. The van der Waals surface area contributed by atoms with Crippen LogP contribution in [0.25, 0.3) is 11.3 Å². The monoisotopic (exact) mass is 456 g/mol. The Morgan fingerprint density at radius 2 is 1.91 bits per heavy atom. The first kappa shape index (κ1) is 24.1. The zero-order valence-corrected chi connectivity index (χ0v) is 18.5. The number of nitrogens with zero attached hydrogens (tertiary/aromatic N) is 3. The lowest BCUT2D eigenvalue weighted by Gasteiger charge is -2.20. The Morgan fingerprint density at radius 3 is 2.61 bits per heavy atom. The van der Waals surface area contributed by atoms with Crippen molar-refractivity contribution in [3.8, 4) is 11.3 Å². The number of hydrogen-bond donors (Lipinski definition) is 2. The van der Waals surface area contributed by atoms with E-state index in [0.717, 1.165) is 12.1 Å². The molecule has 1 heterocycles.